The summed E-state index contributed by atoms with van der Waals surface area (Å²) in [5.41, 5.74) is 2.44. The Hall–Kier alpha value is -3.18. The third kappa shape index (κ3) is 3.48. The van der Waals surface area contributed by atoms with Crippen molar-refractivity contribution in [3.8, 4) is 5.75 Å². The summed E-state index contributed by atoms with van der Waals surface area (Å²) in [6.45, 7) is -0.429. The van der Waals surface area contributed by atoms with E-state index in [4.69, 9.17) is 17.3 Å². The van der Waals surface area contributed by atoms with Gasteiger partial charge in [-0.2, -0.15) is 0 Å². The maximum absolute atomic E-state index is 13.7. The van der Waals surface area contributed by atoms with Crippen molar-refractivity contribution >= 4 is 40.9 Å². The fraction of sp³-hybridized carbons (Fsp3) is 0.375. The number of aliphatic hydroxyl groups is 4. The Morgan fingerprint density at radius 1 is 1.26 bits per heavy atom. The molecule has 0 heterocycles. The minimum absolute atomic E-state index is 0.0156. The lowest BCUT2D eigenvalue weighted by Crippen LogP contribution is -2.65. The number of carbonyl (C=O) groups excluding carboxylic acids is 3. The van der Waals surface area contributed by atoms with Crippen LogP contribution in [0.15, 0.2) is 34.1 Å². The molecule has 35 heavy (non-hydrogen) atoms. The molecule has 11 heteroatoms. The molecule has 7 N–H and O–H groups in total. The number of primary amides is 1. The van der Waals surface area contributed by atoms with E-state index in [0.717, 1.165) is 0 Å². The average molecular weight is 505 g/mol. The van der Waals surface area contributed by atoms with E-state index < -0.39 is 64.7 Å². The molecule has 1 fully saturated rings. The molecule has 1 amide bonds. The van der Waals surface area contributed by atoms with Crippen LogP contribution in [0.4, 0.5) is 0 Å². The first-order valence-electron chi connectivity index (χ1n) is 10.8. The number of fused-ring (bicyclic) bond motifs is 3. The van der Waals surface area contributed by atoms with Gasteiger partial charge in [0.1, 0.15) is 22.8 Å². The number of amides is 1. The summed E-state index contributed by atoms with van der Waals surface area (Å²) in [6.07, 6.45) is 1.59. The van der Waals surface area contributed by atoms with Crippen molar-refractivity contribution < 1.29 is 39.9 Å². The number of rotatable bonds is 4. The SMILES string of the molecule is CN(C)[C@@H]1C(=O)C(C(N)=O)=C(O)[C@@]2(O)C(=O)C3=C(O)c4c(O)ccc(/C=C(\Cl)CO)c4C[C@H]3C[C@@H]12. The van der Waals surface area contributed by atoms with Crippen molar-refractivity contribution in [2.24, 2.45) is 17.6 Å². The molecule has 4 atom stereocenters. The smallest absolute Gasteiger partial charge is 0.255 e. The zero-order valence-electron chi connectivity index (χ0n) is 18.9. The van der Waals surface area contributed by atoms with Crippen LogP contribution < -0.4 is 5.73 Å². The predicted octanol–water partition coefficient (Wildman–Crippen LogP) is 0.536. The monoisotopic (exact) mass is 504 g/mol. The lowest BCUT2D eigenvalue weighted by Gasteiger charge is -2.50. The van der Waals surface area contributed by atoms with Gasteiger partial charge in [0.2, 0.25) is 5.78 Å². The van der Waals surface area contributed by atoms with E-state index in [2.05, 4.69) is 0 Å². The molecule has 1 aromatic rings. The van der Waals surface area contributed by atoms with Gasteiger partial charge in [0.25, 0.3) is 5.91 Å². The summed E-state index contributed by atoms with van der Waals surface area (Å²) in [4.78, 5) is 40.2. The fourth-order valence-corrected chi connectivity index (χ4v) is 5.74. The van der Waals surface area contributed by atoms with Crippen molar-refractivity contribution in [1.29, 1.82) is 0 Å². The van der Waals surface area contributed by atoms with Gasteiger partial charge >= 0.3 is 0 Å². The molecule has 3 aliphatic rings. The van der Waals surface area contributed by atoms with Gasteiger partial charge in [0.15, 0.2) is 11.4 Å². The lowest BCUT2D eigenvalue weighted by atomic mass is 9.57. The number of aliphatic hydroxyl groups excluding tert-OH is 3. The summed E-state index contributed by atoms with van der Waals surface area (Å²) >= 11 is 5.99. The van der Waals surface area contributed by atoms with Crippen LogP contribution in [0.3, 0.4) is 0 Å². The van der Waals surface area contributed by atoms with Gasteiger partial charge in [-0.05, 0) is 56.1 Å². The summed E-state index contributed by atoms with van der Waals surface area (Å²) in [6, 6.07) is 1.68. The minimum atomic E-state index is -2.68. The van der Waals surface area contributed by atoms with Gasteiger partial charge in [-0.15, -0.1) is 0 Å². The van der Waals surface area contributed by atoms with E-state index in [0.29, 0.717) is 11.1 Å². The molecule has 0 aliphatic heterocycles. The number of nitrogens with zero attached hydrogens (tertiary/aromatic N) is 1. The summed E-state index contributed by atoms with van der Waals surface area (Å²) < 4.78 is 0. The maximum atomic E-state index is 13.7. The number of benzene rings is 1. The molecule has 10 nitrogen and oxygen atoms in total. The first kappa shape index (κ1) is 24.9. The van der Waals surface area contributed by atoms with Crippen LogP contribution in [-0.4, -0.2) is 80.3 Å². The van der Waals surface area contributed by atoms with E-state index in [1.165, 1.54) is 31.1 Å². The third-order valence-electron chi connectivity index (χ3n) is 7.10. The topological polar surface area (TPSA) is 182 Å². The summed E-state index contributed by atoms with van der Waals surface area (Å²) in [7, 11) is 3.07. The van der Waals surface area contributed by atoms with E-state index in [9.17, 15) is 39.9 Å². The molecule has 0 radical (unpaired) electrons. The third-order valence-corrected chi connectivity index (χ3v) is 7.33. The Morgan fingerprint density at radius 3 is 2.49 bits per heavy atom. The first-order chi connectivity index (χ1) is 16.4. The van der Waals surface area contributed by atoms with Gasteiger partial charge in [0, 0.05) is 16.5 Å². The number of Topliss-reactive ketones (excluding diaryl/α,β-unsaturated/α-hetero) is 2. The van der Waals surface area contributed by atoms with E-state index in [1.807, 2.05) is 0 Å². The van der Waals surface area contributed by atoms with Crippen LogP contribution in [0, 0.1) is 11.8 Å². The Bertz CT molecular complexity index is 1260. The highest BCUT2D eigenvalue weighted by molar-refractivity contribution is 6.31. The van der Waals surface area contributed by atoms with Crippen LogP contribution >= 0.6 is 11.6 Å². The largest absolute Gasteiger partial charge is 0.508 e. The summed E-state index contributed by atoms with van der Waals surface area (Å²) in [5.74, 6) is -7.08. The Morgan fingerprint density at radius 2 is 1.91 bits per heavy atom. The Balaban J connectivity index is 1.97. The summed E-state index contributed by atoms with van der Waals surface area (Å²) in [5, 5.41) is 53.4. The number of nitrogens with two attached hydrogens (primary N) is 1. The van der Waals surface area contributed by atoms with Crippen LogP contribution in [0.2, 0.25) is 0 Å². The quantitative estimate of drug-likeness (QED) is 0.319. The van der Waals surface area contributed by atoms with Crippen LogP contribution in [-0.2, 0) is 20.8 Å². The number of ketones is 2. The molecule has 1 aromatic carbocycles. The maximum Gasteiger partial charge on any atom is 0.255 e. The predicted molar refractivity (Wildman–Crippen MR) is 125 cm³/mol. The highest BCUT2D eigenvalue weighted by Gasteiger charge is 2.64. The number of hydrogen-bond acceptors (Lipinski definition) is 9. The van der Waals surface area contributed by atoms with Gasteiger partial charge in [-0.25, -0.2) is 0 Å². The van der Waals surface area contributed by atoms with E-state index >= 15 is 0 Å². The lowest BCUT2D eigenvalue weighted by molar-refractivity contribution is -0.153. The second-order valence-corrected chi connectivity index (χ2v) is 9.72. The van der Waals surface area contributed by atoms with Crippen molar-refractivity contribution in [3.05, 3.63) is 50.8 Å². The van der Waals surface area contributed by atoms with E-state index in [-0.39, 0.29) is 34.8 Å². The fourth-order valence-electron chi connectivity index (χ4n) is 5.62. The average Bonchev–Trinajstić information content (AvgIpc) is 2.77. The normalized spacial score (nSPS) is 28.7. The number of phenolic OH excluding ortho intramolecular Hbond substituents is 1. The molecule has 3 aliphatic carbocycles. The van der Waals surface area contributed by atoms with Gasteiger partial charge in [-0.3, -0.25) is 19.3 Å². The van der Waals surface area contributed by atoms with Gasteiger partial charge < -0.3 is 31.3 Å². The Labute approximate surface area is 205 Å². The molecule has 1 saturated carbocycles. The van der Waals surface area contributed by atoms with Crippen molar-refractivity contribution in [2.45, 2.75) is 24.5 Å². The van der Waals surface area contributed by atoms with Crippen LogP contribution in [0.5, 0.6) is 5.75 Å². The number of carbonyl (C=O) groups is 3. The highest BCUT2D eigenvalue weighted by Crippen LogP contribution is 2.53. The zero-order valence-corrected chi connectivity index (χ0v) is 19.7. The molecule has 4 rings (SSSR count). The molecule has 0 spiro atoms. The number of hydrogen-bond donors (Lipinski definition) is 6. The number of phenols is 1. The highest BCUT2D eigenvalue weighted by atomic mass is 35.5. The van der Waals surface area contributed by atoms with Gasteiger partial charge in [-0.1, -0.05) is 17.7 Å². The van der Waals surface area contributed by atoms with Crippen molar-refractivity contribution in [3.63, 3.8) is 0 Å². The molecule has 186 valence electrons. The molecule has 0 unspecified atom stereocenters. The van der Waals surface area contributed by atoms with Crippen molar-refractivity contribution in [1.82, 2.24) is 4.90 Å². The van der Waals surface area contributed by atoms with Gasteiger partial charge in [0.05, 0.1) is 18.2 Å². The van der Waals surface area contributed by atoms with E-state index in [1.54, 1.807) is 6.07 Å². The molecule has 0 saturated heterocycles. The zero-order chi connectivity index (χ0) is 26.0. The standard InChI is InChI=1S/C24H25ClN2O8/c1-27(2)18-13-7-10-6-12-9(5-11(25)8-28)3-4-14(29)16(12)19(30)15(10)21(32)24(13,35)22(33)17(20(18)31)23(26)34/h3-5,10,13,18,28-30,33,35H,6-8H2,1-2H3,(H2,26,34)/b11-5-/t10-,13-,18-,24-/m0/s1. The molecular formula is C24H25ClN2O8. The number of likely N-dealkylation sites (N-methyl/N-ethyl adjacent to an activating group) is 1. The second-order valence-electron chi connectivity index (χ2n) is 9.24. The molecular weight excluding hydrogens is 480 g/mol. The molecule has 0 aromatic heterocycles. The number of halogens is 1. The number of aromatic hydroxyl groups is 1. The first-order valence-corrected chi connectivity index (χ1v) is 11.2. The molecule has 0 bridgehead atoms. The van der Waals surface area contributed by atoms with Crippen LogP contribution in [0.25, 0.3) is 11.8 Å². The Kier molecular flexibility index (Phi) is 6.05. The van der Waals surface area contributed by atoms with Crippen molar-refractivity contribution in [2.75, 3.05) is 20.7 Å². The second kappa shape index (κ2) is 8.49. The van der Waals surface area contributed by atoms with Crippen LogP contribution in [0.1, 0.15) is 23.1 Å². The minimum Gasteiger partial charge on any atom is -0.508 e.